The van der Waals surface area contributed by atoms with Gasteiger partial charge in [0.2, 0.25) is 0 Å². The van der Waals surface area contributed by atoms with Gasteiger partial charge in [-0.05, 0) is 36.8 Å². The molecule has 0 saturated carbocycles. The van der Waals surface area contributed by atoms with Crippen molar-refractivity contribution in [2.75, 3.05) is 19.0 Å². The van der Waals surface area contributed by atoms with E-state index < -0.39 is 17.5 Å². The van der Waals surface area contributed by atoms with Crippen molar-refractivity contribution in [1.82, 2.24) is 10.6 Å². The Morgan fingerprint density at radius 3 is 2.52 bits per heavy atom. The topological polar surface area (TPSA) is 106 Å². The van der Waals surface area contributed by atoms with Crippen LogP contribution in [0.2, 0.25) is 0 Å². The van der Waals surface area contributed by atoms with E-state index in [-0.39, 0.29) is 12.5 Å². The lowest BCUT2D eigenvalue weighted by Crippen LogP contribution is -2.40. The van der Waals surface area contributed by atoms with Gasteiger partial charge in [0.1, 0.15) is 5.54 Å². The summed E-state index contributed by atoms with van der Waals surface area (Å²) in [6.45, 7) is 1.39. The zero-order chi connectivity index (χ0) is 19.4. The van der Waals surface area contributed by atoms with Gasteiger partial charge in [-0.2, -0.15) is 0 Å². The Labute approximate surface area is 155 Å². The van der Waals surface area contributed by atoms with Gasteiger partial charge < -0.3 is 20.1 Å². The van der Waals surface area contributed by atoms with Gasteiger partial charge in [-0.3, -0.25) is 14.9 Å². The predicted octanol–water partition coefficient (Wildman–Crippen LogP) is 1.77. The van der Waals surface area contributed by atoms with Gasteiger partial charge in [-0.1, -0.05) is 24.3 Å². The molecular weight excluding hydrogens is 350 g/mol. The van der Waals surface area contributed by atoms with Gasteiger partial charge in [-0.25, -0.2) is 4.79 Å². The number of hydrogen-bond acceptors (Lipinski definition) is 5. The predicted molar refractivity (Wildman–Crippen MR) is 97.6 cm³/mol. The summed E-state index contributed by atoms with van der Waals surface area (Å²) < 4.78 is 10.7. The number of ether oxygens (including phenoxy) is 2. The fourth-order valence-corrected chi connectivity index (χ4v) is 2.73. The lowest BCUT2D eigenvalue weighted by Gasteiger charge is -2.21. The summed E-state index contributed by atoms with van der Waals surface area (Å²) in [5, 5.41) is 7.50. The van der Waals surface area contributed by atoms with Crippen molar-refractivity contribution in [3.8, 4) is 11.5 Å². The molecule has 0 radical (unpaired) electrons. The number of rotatable bonds is 6. The average molecular weight is 369 g/mol. The molecule has 3 N–H and O–H groups in total. The summed E-state index contributed by atoms with van der Waals surface area (Å²) in [5.41, 5.74) is -0.156. The van der Waals surface area contributed by atoms with Crippen LogP contribution in [0.25, 0.3) is 0 Å². The summed E-state index contributed by atoms with van der Waals surface area (Å²) >= 11 is 0. The van der Waals surface area contributed by atoms with Gasteiger partial charge >= 0.3 is 6.03 Å². The van der Waals surface area contributed by atoms with Crippen molar-refractivity contribution in [3.63, 3.8) is 0 Å². The van der Waals surface area contributed by atoms with Crippen molar-refractivity contribution in [2.45, 2.75) is 12.5 Å². The number of carbonyl (C=O) groups excluding carboxylic acids is 3. The van der Waals surface area contributed by atoms with Crippen LogP contribution >= 0.6 is 0 Å². The first kappa shape index (κ1) is 18.2. The van der Waals surface area contributed by atoms with E-state index in [0.717, 1.165) is 0 Å². The van der Waals surface area contributed by atoms with E-state index in [4.69, 9.17) is 9.47 Å². The zero-order valence-corrected chi connectivity index (χ0v) is 14.9. The number of nitrogens with one attached hydrogen (secondary N) is 3. The second-order valence-corrected chi connectivity index (χ2v) is 6.10. The van der Waals surface area contributed by atoms with E-state index in [9.17, 15) is 14.4 Å². The van der Waals surface area contributed by atoms with E-state index in [2.05, 4.69) is 16.0 Å². The highest BCUT2D eigenvalue weighted by Gasteiger charge is 2.43. The quantitative estimate of drug-likeness (QED) is 0.673. The van der Waals surface area contributed by atoms with E-state index in [0.29, 0.717) is 22.7 Å². The molecule has 1 saturated heterocycles. The minimum atomic E-state index is -1.19. The van der Waals surface area contributed by atoms with Crippen molar-refractivity contribution in [1.29, 1.82) is 0 Å². The van der Waals surface area contributed by atoms with Gasteiger partial charge in [-0.15, -0.1) is 0 Å². The van der Waals surface area contributed by atoms with Crippen molar-refractivity contribution in [2.24, 2.45) is 0 Å². The van der Waals surface area contributed by atoms with Crippen LogP contribution < -0.4 is 25.4 Å². The van der Waals surface area contributed by atoms with Gasteiger partial charge in [0.05, 0.1) is 7.11 Å². The summed E-state index contributed by atoms with van der Waals surface area (Å²) in [6, 6.07) is 13.2. The monoisotopic (exact) mass is 369 g/mol. The molecular formula is C19H19N3O5. The Morgan fingerprint density at radius 1 is 1.11 bits per heavy atom. The summed E-state index contributed by atoms with van der Waals surface area (Å²) in [6.07, 6.45) is 0. The number of anilines is 1. The molecule has 140 valence electrons. The zero-order valence-electron chi connectivity index (χ0n) is 14.9. The third kappa shape index (κ3) is 3.84. The smallest absolute Gasteiger partial charge is 0.322 e. The molecule has 1 fully saturated rings. The fourth-order valence-electron chi connectivity index (χ4n) is 2.73. The van der Waals surface area contributed by atoms with Crippen LogP contribution in [-0.2, 0) is 15.1 Å². The molecule has 0 spiro atoms. The minimum absolute atomic E-state index is 0.209. The molecule has 1 unspecified atom stereocenters. The van der Waals surface area contributed by atoms with Crippen LogP contribution in [0.15, 0.2) is 48.5 Å². The van der Waals surface area contributed by atoms with Crippen molar-refractivity contribution in [3.05, 3.63) is 54.1 Å². The third-order valence-electron chi connectivity index (χ3n) is 4.20. The van der Waals surface area contributed by atoms with Crippen LogP contribution in [0.5, 0.6) is 11.5 Å². The Bertz CT molecular complexity index is 898. The molecule has 0 aliphatic carbocycles. The largest absolute Gasteiger partial charge is 0.493 e. The van der Waals surface area contributed by atoms with Gasteiger partial charge in [0.15, 0.2) is 18.1 Å². The Hall–Kier alpha value is -3.55. The first-order chi connectivity index (χ1) is 12.9. The Kier molecular flexibility index (Phi) is 4.98. The van der Waals surface area contributed by atoms with Crippen molar-refractivity contribution < 1.29 is 23.9 Å². The molecule has 27 heavy (non-hydrogen) atoms. The molecule has 0 bridgehead atoms. The molecule has 3 rings (SSSR count). The molecule has 2 aromatic carbocycles. The number of methoxy groups -OCH3 is 1. The number of imide groups is 1. The maximum atomic E-state index is 12.2. The van der Waals surface area contributed by atoms with E-state index >= 15 is 0 Å². The fraction of sp³-hybridized carbons (Fsp3) is 0.211. The molecule has 4 amide bonds. The SMILES string of the molecule is COc1ccccc1OCC(=O)Nc1cccc(C2(C)NC(=O)NC2=O)c1. The summed E-state index contributed by atoms with van der Waals surface area (Å²) in [4.78, 5) is 35.7. The highest BCUT2D eigenvalue weighted by atomic mass is 16.5. The number of benzene rings is 2. The highest BCUT2D eigenvalue weighted by molar-refractivity contribution is 6.07. The molecule has 1 atom stereocenters. The average Bonchev–Trinajstić information content (AvgIpc) is 2.93. The summed E-state index contributed by atoms with van der Waals surface area (Å²) in [5.74, 6) is 0.170. The molecule has 1 heterocycles. The number of carbonyl (C=O) groups is 3. The summed E-state index contributed by atoms with van der Waals surface area (Å²) in [7, 11) is 1.52. The molecule has 2 aromatic rings. The van der Waals surface area contributed by atoms with E-state index in [1.807, 2.05) is 0 Å². The van der Waals surface area contributed by atoms with Crippen LogP contribution in [0.1, 0.15) is 12.5 Å². The Morgan fingerprint density at radius 2 is 1.85 bits per heavy atom. The van der Waals surface area contributed by atoms with Crippen LogP contribution in [0.3, 0.4) is 0 Å². The number of para-hydroxylation sites is 2. The maximum absolute atomic E-state index is 12.2. The third-order valence-corrected chi connectivity index (χ3v) is 4.20. The number of urea groups is 1. The second kappa shape index (κ2) is 7.36. The lowest BCUT2D eigenvalue weighted by molar-refractivity contribution is -0.123. The maximum Gasteiger partial charge on any atom is 0.322 e. The molecule has 0 aromatic heterocycles. The highest BCUT2D eigenvalue weighted by Crippen LogP contribution is 2.27. The van der Waals surface area contributed by atoms with Crippen LogP contribution in [0, 0.1) is 0 Å². The van der Waals surface area contributed by atoms with Gasteiger partial charge in [0.25, 0.3) is 11.8 Å². The first-order valence-electron chi connectivity index (χ1n) is 8.22. The molecule has 1 aliphatic rings. The number of hydrogen-bond donors (Lipinski definition) is 3. The second-order valence-electron chi connectivity index (χ2n) is 6.10. The van der Waals surface area contributed by atoms with Crippen LogP contribution in [0.4, 0.5) is 10.5 Å². The Balaban J connectivity index is 1.67. The molecule has 8 nitrogen and oxygen atoms in total. The number of amides is 4. The lowest BCUT2D eigenvalue weighted by atomic mass is 9.92. The molecule has 8 heteroatoms. The first-order valence-corrected chi connectivity index (χ1v) is 8.22. The van der Waals surface area contributed by atoms with Gasteiger partial charge in [0, 0.05) is 5.69 Å². The molecule has 1 aliphatic heterocycles. The van der Waals surface area contributed by atoms with Crippen LogP contribution in [-0.4, -0.2) is 31.6 Å². The van der Waals surface area contributed by atoms with Crippen molar-refractivity contribution >= 4 is 23.5 Å². The minimum Gasteiger partial charge on any atom is -0.493 e. The standard InChI is InChI=1S/C19H19N3O5/c1-19(17(24)21-18(25)22-19)12-6-5-7-13(10-12)20-16(23)11-27-15-9-4-3-8-14(15)26-2/h3-10H,11H2,1-2H3,(H,20,23)(H2,21,22,24,25). The van der Waals surface area contributed by atoms with E-state index in [1.54, 1.807) is 55.5 Å². The van der Waals surface area contributed by atoms with E-state index in [1.165, 1.54) is 7.11 Å². The normalized spacial score (nSPS) is 18.4.